The molecule has 33 heavy (non-hydrogen) atoms. The predicted molar refractivity (Wildman–Crippen MR) is 125 cm³/mol. The number of anilines is 1. The van der Waals surface area contributed by atoms with Crippen LogP contribution in [0.15, 0.2) is 48.8 Å². The minimum atomic E-state index is 0.0906. The smallest absolute Gasteiger partial charge is 0.137 e. The Kier molecular flexibility index (Phi) is 6.45. The predicted octanol–water partition coefficient (Wildman–Crippen LogP) is 4.16. The van der Waals surface area contributed by atoms with Crippen LogP contribution < -0.4 is 9.64 Å². The second kappa shape index (κ2) is 9.97. The largest absolute Gasteiger partial charge is 0.489 e. The summed E-state index contributed by atoms with van der Waals surface area (Å²) in [4.78, 5) is 16.1. The summed E-state index contributed by atoms with van der Waals surface area (Å²) in [6, 6.07) is 14.0. The molecule has 0 amide bonds. The van der Waals surface area contributed by atoms with Gasteiger partial charge < -0.3 is 14.4 Å². The van der Waals surface area contributed by atoms with Gasteiger partial charge in [0, 0.05) is 50.3 Å². The van der Waals surface area contributed by atoms with Crippen LogP contribution >= 0.6 is 0 Å². The standard InChI is InChI=1S/C26H27N5O2/c27-17-21-16-20(4-5-24(21)33-22-8-13-32-14-9-22)23-7-10-28-25(30-23)15-19-3-6-26(29-18-19)31-11-1-2-12-31/h3-7,10,16,18,22H,1-2,8-9,11-15H2. The fourth-order valence-electron chi connectivity index (χ4n) is 4.33. The zero-order chi connectivity index (χ0) is 22.5. The van der Waals surface area contributed by atoms with Gasteiger partial charge >= 0.3 is 0 Å². The molecule has 0 aliphatic carbocycles. The molecule has 1 aromatic carbocycles. The quantitative estimate of drug-likeness (QED) is 0.568. The number of ether oxygens (including phenoxy) is 2. The zero-order valence-electron chi connectivity index (χ0n) is 18.6. The highest BCUT2D eigenvalue weighted by molar-refractivity contribution is 5.64. The number of pyridine rings is 1. The van der Waals surface area contributed by atoms with Gasteiger partial charge in [0.15, 0.2) is 0 Å². The lowest BCUT2D eigenvalue weighted by molar-refractivity contribution is 0.0254. The number of hydrogen-bond donors (Lipinski definition) is 0. The minimum Gasteiger partial charge on any atom is -0.489 e. The third-order valence-electron chi connectivity index (χ3n) is 6.16. The van der Waals surface area contributed by atoms with Gasteiger partial charge in [-0.1, -0.05) is 6.07 Å². The van der Waals surface area contributed by atoms with Crippen molar-refractivity contribution in [3.05, 3.63) is 65.7 Å². The molecule has 4 heterocycles. The number of nitrogens with zero attached hydrogens (tertiary/aromatic N) is 5. The fourth-order valence-corrected chi connectivity index (χ4v) is 4.33. The number of rotatable bonds is 6. The lowest BCUT2D eigenvalue weighted by atomic mass is 10.1. The van der Waals surface area contributed by atoms with Crippen LogP contribution in [0, 0.1) is 11.3 Å². The van der Waals surface area contributed by atoms with Gasteiger partial charge in [-0.2, -0.15) is 5.26 Å². The Morgan fingerprint density at radius 2 is 1.91 bits per heavy atom. The Morgan fingerprint density at radius 3 is 2.67 bits per heavy atom. The Bertz CT molecular complexity index is 1130. The van der Waals surface area contributed by atoms with E-state index in [-0.39, 0.29) is 6.10 Å². The summed E-state index contributed by atoms with van der Waals surface area (Å²) in [5.74, 6) is 2.38. The van der Waals surface area contributed by atoms with Gasteiger partial charge in [0.25, 0.3) is 0 Å². The van der Waals surface area contributed by atoms with E-state index in [2.05, 4.69) is 33.1 Å². The first-order chi connectivity index (χ1) is 16.3. The molecule has 7 nitrogen and oxygen atoms in total. The van der Waals surface area contributed by atoms with Gasteiger partial charge in [0.1, 0.15) is 29.6 Å². The van der Waals surface area contributed by atoms with Crippen LogP contribution in [0.3, 0.4) is 0 Å². The van der Waals surface area contributed by atoms with Crippen LogP contribution in [-0.4, -0.2) is 47.4 Å². The van der Waals surface area contributed by atoms with Crippen LogP contribution in [-0.2, 0) is 11.2 Å². The summed E-state index contributed by atoms with van der Waals surface area (Å²) in [5, 5.41) is 9.67. The molecule has 0 radical (unpaired) electrons. The van der Waals surface area contributed by atoms with Gasteiger partial charge in [0.05, 0.1) is 24.5 Å². The summed E-state index contributed by atoms with van der Waals surface area (Å²) in [6.45, 7) is 3.57. The first kappa shape index (κ1) is 21.4. The molecule has 3 aromatic rings. The molecule has 0 N–H and O–H groups in total. The number of aromatic nitrogens is 3. The highest BCUT2D eigenvalue weighted by atomic mass is 16.5. The van der Waals surface area contributed by atoms with Crippen LogP contribution in [0.4, 0.5) is 5.82 Å². The van der Waals surface area contributed by atoms with Crippen LogP contribution in [0.2, 0.25) is 0 Å². The van der Waals surface area contributed by atoms with Crippen molar-refractivity contribution in [1.29, 1.82) is 5.26 Å². The molecule has 168 valence electrons. The van der Waals surface area contributed by atoms with E-state index < -0.39 is 0 Å². The number of nitriles is 1. The zero-order valence-corrected chi connectivity index (χ0v) is 18.6. The van der Waals surface area contributed by atoms with Crippen molar-refractivity contribution in [3.8, 4) is 23.1 Å². The molecule has 5 rings (SSSR count). The molecular weight excluding hydrogens is 414 g/mol. The molecule has 7 heteroatoms. The molecule has 2 aliphatic rings. The molecule has 0 atom stereocenters. The molecule has 0 spiro atoms. The van der Waals surface area contributed by atoms with E-state index in [1.807, 2.05) is 30.5 Å². The minimum absolute atomic E-state index is 0.0906. The monoisotopic (exact) mass is 441 g/mol. The molecule has 0 bridgehead atoms. The average molecular weight is 442 g/mol. The molecule has 2 aromatic heterocycles. The summed E-state index contributed by atoms with van der Waals surface area (Å²) in [7, 11) is 0. The fraction of sp³-hybridized carbons (Fsp3) is 0.385. The van der Waals surface area contributed by atoms with E-state index in [1.54, 1.807) is 6.20 Å². The molecule has 2 fully saturated rings. The van der Waals surface area contributed by atoms with Crippen LogP contribution in [0.25, 0.3) is 11.3 Å². The average Bonchev–Trinajstić information content (AvgIpc) is 3.41. The topological polar surface area (TPSA) is 84.2 Å². The van der Waals surface area contributed by atoms with E-state index in [9.17, 15) is 5.26 Å². The molecular formula is C26H27N5O2. The maximum absolute atomic E-state index is 9.67. The van der Waals surface area contributed by atoms with Gasteiger partial charge in [0.2, 0.25) is 0 Å². The van der Waals surface area contributed by atoms with Crippen LogP contribution in [0.5, 0.6) is 5.75 Å². The Labute approximate surface area is 194 Å². The normalized spacial score (nSPS) is 16.5. The molecule has 0 saturated carbocycles. The second-order valence-corrected chi connectivity index (χ2v) is 8.51. The van der Waals surface area contributed by atoms with Crippen molar-refractivity contribution in [1.82, 2.24) is 15.0 Å². The summed E-state index contributed by atoms with van der Waals surface area (Å²) < 4.78 is 11.5. The van der Waals surface area contributed by atoms with Crippen molar-refractivity contribution in [2.45, 2.75) is 38.2 Å². The lowest BCUT2D eigenvalue weighted by Gasteiger charge is -2.23. The van der Waals surface area contributed by atoms with Crippen molar-refractivity contribution < 1.29 is 9.47 Å². The summed E-state index contributed by atoms with van der Waals surface area (Å²) in [6.07, 6.45) is 8.54. The molecule has 0 unspecified atom stereocenters. The van der Waals surface area contributed by atoms with Crippen molar-refractivity contribution in [3.63, 3.8) is 0 Å². The first-order valence-electron chi connectivity index (χ1n) is 11.6. The third-order valence-corrected chi connectivity index (χ3v) is 6.16. The number of benzene rings is 1. The SMILES string of the molecule is N#Cc1cc(-c2ccnc(Cc3ccc(N4CCCC4)nc3)n2)ccc1OC1CCOCC1. The Hall–Kier alpha value is -3.50. The van der Waals surface area contributed by atoms with Gasteiger partial charge in [-0.25, -0.2) is 15.0 Å². The van der Waals surface area contributed by atoms with E-state index in [1.165, 1.54) is 12.8 Å². The lowest BCUT2D eigenvalue weighted by Crippen LogP contribution is -2.26. The molecule has 2 saturated heterocycles. The van der Waals surface area contributed by atoms with E-state index in [0.29, 0.717) is 30.9 Å². The van der Waals surface area contributed by atoms with E-state index >= 15 is 0 Å². The number of hydrogen-bond acceptors (Lipinski definition) is 7. The summed E-state index contributed by atoms with van der Waals surface area (Å²) in [5.41, 5.74) is 3.25. The van der Waals surface area contributed by atoms with Gasteiger partial charge in [-0.3, -0.25) is 0 Å². The van der Waals surface area contributed by atoms with Crippen molar-refractivity contribution >= 4 is 5.82 Å². The summed E-state index contributed by atoms with van der Waals surface area (Å²) >= 11 is 0. The highest BCUT2D eigenvalue weighted by Gasteiger charge is 2.18. The Morgan fingerprint density at radius 1 is 1.06 bits per heavy atom. The highest BCUT2D eigenvalue weighted by Crippen LogP contribution is 2.28. The van der Waals surface area contributed by atoms with E-state index in [4.69, 9.17) is 14.5 Å². The third kappa shape index (κ3) is 5.12. The molecule has 2 aliphatic heterocycles. The maximum atomic E-state index is 9.67. The second-order valence-electron chi connectivity index (χ2n) is 8.51. The van der Waals surface area contributed by atoms with Crippen molar-refractivity contribution in [2.75, 3.05) is 31.2 Å². The van der Waals surface area contributed by atoms with Crippen LogP contribution in [0.1, 0.15) is 42.6 Å². The Balaban J connectivity index is 1.30. The van der Waals surface area contributed by atoms with Gasteiger partial charge in [-0.05, 0) is 48.7 Å². The van der Waals surface area contributed by atoms with Gasteiger partial charge in [-0.15, -0.1) is 0 Å². The van der Waals surface area contributed by atoms with E-state index in [0.717, 1.165) is 54.4 Å². The maximum Gasteiger partial charge on any atom is 0.137 e. The van der Waals surface area contributed by atoms with Crippen molar-refractivity contribution in [2.24, 2.45) is 0 Å². The first-order valence-corrected chi connectivity index (χ1v) is 11.6.